The molecule has 1 aromatic heterocycles. The van der Waals surface area contributed by atoms with Crippen LogP contribution in [0.15, 0.2) is 28.8 Å². The summed E-state index contributed by atoms with van der Waals surface area (Å²) in [5, 5.41) is 8.10. The van der Waals surface area contributed by atoms with Crippen molar-refractivity contribution in [2.45, 2.75) is 39.3 Å². The molecule has 0 amide bonds. The van der Waals surface area contributed by atoms with Crippen LogP contribution in [0, 0.1) is 6.92 Å². The van der Waals surface area contributed by atoms with Gasteiger partial charge in [0.15, 0.2) is 5.82 Å². The molecule has 0 aliphatic carbocycles. The lowest BCUT2D eigenvalue weighted by atomic mass is 10.0. The maximum atomic E-state index is 5.92. The van der Waals surface area contributed by atoms with E-state index in [1.807, 2.05) is 12.1 Å². The first-order valence-electron chi connectivity index (χ1n) is 6.47. The molecular weight excluding hydrogens is 262 g/mol. The fourth-order valence-electron chi connectivity index (χ4n) is 2.00. The Hall–Kier alpha value is -1.39. The van der Waals surface area contributed by atoms with Crippen molar-refractivity contribution in [1.82, 2.24) is 15.5 Å². The van der Waals surface area contributed by atoms with Gasteiger partial charge in [-0.25, -0.2) is 0 Å². The predicted octanol–water partition coefficient (Wildman–Crippen LogP) is 3.66. The van der Waals surface area contributed by atoms with Crippen LogP contribution in [0.4, 0.5) is 0 Å². The van der Waals surface area contributed by atoms with Gasteiger partial charge in [-0.05, 0) is 24.1 Å². The Morgan fingerprint density at radius 3 is 2.63 bits per heavy atom. The number of hydrogen-bond acceptors (Lipinski definition) is 4. The molecule has 4 nitrogen and oxygen atoms in total. The van der Waals surface area contributed by atoms with Crippen molar-refractivity contribution in [2.75, 3.05) is 0 Å². The highest BCUT2D eigenvalue weighted by Gasteiger charge is 2.11. The molecule has 0 spiro atoms. The van der Waals surface area contributed by atoms with E-state index in [2.05, 4.69) is 34.5 Å². The summed E-state index contributed by atoms with van der Waals surface area (Å²) in [5.41, 5.74) is 1.23. The van der Waals surface area contributed by atoms with E-state index in [1.165, 1.54) is 5.56 Å². The predicted molar refractivity (Wildman–Crippen MR) is 75.0 cm³/mol. The van der Waals surface area contributed by atoms with Crippen LogP contribution in [0.5, 0.6) is 0 Å². The summed E-state index contributed by atoms with van der Waals surface area (Å²) in [6.45, 7) is 4.56. The van der Waals surface area contributed by atoms with Crippen molar-refractivity contribution in [3.05, 3.63) is 46.6 Å². The van der Waals surface area contributed by atoms with Crippen LogP contribution < -0.4 is 5.32 Å². The molecule has 1 unspecified atom stereocenters. The average Bonchev–Trinajstić information content (AvgIpc) is 2.81. The Morgan fingerprint density at radius 2 is 2.05 bits per heavy atom. The SMILES string of the molecule is CCCC(NCc1noc(C)n1)c1ccc(Cl)cc1. The first kappa shape index (κ1) is 14.0. The zero-order valence-electron chi connectivity index (χ0n) is 11.2. The van der Waals surface area contributed by atoms with Crippen LogP contribution in [0.25, 0.3) is 0 Å². The zero-order chi connectivity index (χ0) is 13.7. The highest BCUT2D eigenvalue weighted by Crippen LogP contribution is 2.21. The summed E-state index contributed by atoms with van der Waals surface area (Å²) in [6.07, 6.45) is 2.16. The number of hydrogen-bond donors (Lipinski definition) is 1. The first-order valence-corrected chi connectivity index (χ1v) is 6.85. The van der Waals surface area contributed by atoms with Crippen LogP contribution in [-0.4, -0.2) is 10.1 Å². The van der Waals surface area contributed by atoms with Gasteiger partial charge in [-0.3, -0.25) is 0 Å². The number of benzene rings is 1. The second kappa shape index (κ2) is 6.68. The minimum atomic E-state index is 0.279. The summed E-state index contributed by atoms with van der Waals surface area (Å²) in [4.78, 5) is 4.19. The third-order valence-electron chi connectivity index (χ3n) is 2.93. The number of aromatic nitrogens is 2. The lowest BCUT2D eigenvalue weighted by Gasteiger charge is -2.17. The minimum absolute atomic E-state index is 0.279. The van der Waals surface area contributed by atoms with Crippen molar-refractivity contribution in [1.29, 1.82) is 0 Å². The summed E-state index contributed by atoms with van der Waals surface area (Å²) in [6, 6.07) is 8.22. The molecule has 2 rings (SSSR count). The van der Waals surface area contributed by atoms with Crippen molar-refractivity contribution in [3.8, 4) is 0 Å². The number of aryl methyl sites for hydroxylation is 1. The molecule has 1 heterocycles. The molecule has 102 valence electrons. The third kappa shape index (κ3) is 4.04. The van der Waals surface area contributed by atoms with Gasteiger partial charge >= 0.3 is 0 Å². The number of rotatable bonds is 6. The molecule has 1 atom stereocenters. The molecule has 2 aromatic rings. The second-order valence-electron chi connectivity index (χ2n) is 4.50. The van der Waals surface area contributed by atoms with Crippen molar-refractivity contribution in [3.63, 3.8) is 0 Å². The van der Waals surface area contributed by atoms with E-state index in [1.54, 1.807) is 6.92 Å². The van der Waals surface area contributed by atoms with Crippen molar-refractivity contribution < 1.29 is 4.52 Å². The molecule has 0 saturated heterocycles. The standard InChI is InChI=1S/C14H18ClN3O/c1-3-4-13(11-5-7-12(15)8-6-11)16-9-14-17-10(2)19-18-14/h5-8,13,16H,3-4,9H2,1-2H3. The smallest absolute Gasteiger partial charge is 0.223 e. The molecule has 0 radical (unpaired) electrons. The van der Waals surface area contributed by atoms with Gasteiger partial charge in [-0.1, -0.05) is 42.2 Å². The van der Waals surface area contributed by atoms with E-state index in [0.717, 1.165) is 17.9 Å². The molecule has 0 bridgehead atoms. The van der Waals surface area contributed by atoms with Crippen molar-refractivity contribution in [2.24, 2.45) is 0 Å². The van der Waals surface area contributed by atoms with E-state index < -0.39 is 0 Å². The lowest BCUT2D eigenvalue weighted by molar-refractivity contribution is 0.382. The second-order valence-corrected chi connectivity index (χ2v) is 4.94. The fraction of sp³-hybridized carbons (Fsp3) is 0.429. The molecule has 0 saturated carbocycles. The van der Waals surface area contributed by atoms with Gasteiger partial charge in [-0.15, -0.1) is 0 Å². The van der Waals surface area contributed by atoms with Crippen LogP contribution >= 0.6 is 11.6 Å². The topological polar surface area (TPSA) is 51.0 Å². The van der Waals surface area contributed by atoms with Crippen LogP contribution in [0.3, 0.4) is 0 Å². The van der Waals surface area contributed by atoms with E-state index >= 15 is 0 Å². The number of nitrogens with zero attached hydrogens (tertiary/aromatic N) is 2. The molecule has 5 heteroatoms. The summed E-state index contributed by atoms with van der Waals surface area (Å²) in [7, 11) is 0. The van der Waals surface area contributed by atoms with Gasteiger partial charge in [0.25, 0.3) is 0 Å². The molecule has 0 fully saturated rings. The Bertz CT molecular complexity index is 510. The van der Waals surface area contributed by atoms with E-state index in [4.69, 9.17) is 16.1 Å². The number of halogens is 1. The quantitative estimate of drug-likeness (QED) is 0.877. The zero-order valence-corrected chi connectivity index (χ0v) is 11.9. The fourth-order valence-corrected chi connectivity index (χ4v) is 2.12. The van der Waals surface area contributed by atoms with Gasteiger partial charge in [0.1, 0.15) is 0 Å². The van der Waals surface area contributed by atoms with E-state index in [0.29, 0.717) is 18.3 Å². The van der Waals surface area contributed by atoms with E-state index in [-0.39, 0.29) is 6.04 Å². The summed E-state index contributed by atoms with van der Waals surface area (Å²) >= 11 is 5.92. The summed E-state index contributed by atoms with van der Waals surface area (Å²) < 4.78 is 4.96. The van der Waals surface area contributed by atoms with Gasteiger partial charge in [-0.2, -0.15) is 4.98 Å². The maximum absolute atomic E-state index is 5.92. The largest absolute Gasteiger partial charge is 0.340 e. The number of nitrogens with one attached hydrogen (secondary N) is 1. The molecule has 1 N–H and O–H groups in total. The molecule has 0 aliphatic heterocycles. The third-order valence-corrected chi connectivity index (χ3v) is 3.18. The van der Waals surface area contributed by atoms with Crippen LogP contribution in [0.1, 0.15) is 43.1 Å². The molecule has 0 aliphatic rings. The Labute approximate surface area is 118 Å². The first-order chi connectivity index (χ1) is 9.19. The van der Waals surface area contributed by atoms with Crippen LogP contribution in [-0.2, 0) is 6.54 Å². The van der Waals surface area contributed by atoms with Gasteiger partial charge in [0.2, 0.25) is 5.89 Å². The van der Waals surface area contributed by atoms with Crippen LogP contribution in [0.2, 0.25) is 5.02 Å². The lowest BCUT2D eigenvalue weighted by Crippen LogP contribution is -2.21. The van der Waals surface area contributed by atoms with Gasteiger partial charge in [0, 0.05) is 18.0 Å². The summed E-state index contributed by atoms with van der Waals surface area (Å²) in [5.74, 6) is 1.28. The van der Waals surface area contributed by atoms with Gasteiger partial charge < -0.3 is 9.84 Å². The molecule has 19 heavy (non-hydrogen) atoms. The van der Waals surface area contributed by atoms with Gasteiger partial charge in [0.05, 0.1) is 6.54 Å². The Kier molecular flexibility index (Phi) is 4.93. The minimum Gasteiger partial charge on any atom is -0.340 e. The molecule has 1 aromatic carbocycles. The van der Waals surface area contributed by atoms with E-state index in [9.17, 15) is 0 Å². The highest BCUT2D eigenvalue weighted by atomic mass is 35.5. The van der Waals surface area contributed by atoms with Crippen molar-refractivity contribution >= 4 is 11.6 Å². The normalized spacial score (nSPS) is 12.6. The molecular formula is C14H18ClN3O. The monoisotopic (exact) mass is 279 g/mol. The Morgan fingerprint density at radius 1 is 1.32 bits per heavy atom. The maximum Gasteiger partial charge on any atom is 0.223 e. The average molecular weight is 280 g/mol. The Balaban J connectivity index is 2.01. The highest BCUT2D eigenvalue weighted by molar-refractivity contribution is 6.30.